The van der Waals surface area contributed by atoms with Crippen LogP contribution in [-0.4, -0.2) is 17.2 Å². The maximum absolute atomic E-state index is 4.99. The van der Waals surface area contributed by atoms with Crippen LogP contribution in [0.25, 0.3) is 0 Å². The fourth-order valence-corrected chi connectivity index (χ4v) is 1.94. The van der Waals surface area contributed by atoms with Gasteiger partial charge in [0.25, 0.3) is 0 Å². The fourth-order valence-electron chi connectivity index (χ4n) is 1.94. The second-order valence-electron chi connectivity index (χ2n) is 3.82. The lowest BCUT2D eigenvalue weighted by Gasteiger charge is -2.01. The molecule has 1 N–H and O–H groups in total. The molecule has 2 atom stereocenters. The number of aromatic nitrogens is 2. The Bertz CT molecular complexity index is 284. The van der Waals surface area contributed by atoms with Gasteiger partial charge in [0.2, 0.25) is 0 Å². The van der Waals surface area contributed by atoms with Gasteiger partial charge in [-0.25, -0.2) is 0 Å². The van der Waals surface area contributed by atoms with Gasteiger partial charge in [-0.05, 0) is 25.2 Å². The summed E-state index contributed by atoms with van der Waals surface area (Å²) in [5.74, 6) is 2.19. The van der Waals surface area contributed by atoms with Gasteiger partial charge in [-0.1, -0.05) is 12.1 Å². The van der Waals surface area contributed by atoms with Crippen molar-refractivity contribution in [2.45, 2.75) is 32.1 Å². The van der Waals surface area contributed by atoms with E-state index in [0.717, 1.165) is 11.7 Å². The van der Waals surface area contributed by atoms with E-state index in [9.17, 15) is 0 Å². The third-order valence-corrected chi connectivity index (χ3v) is 2.72. The normalized spacial score (nSPS) is 27.8. The Morgan fingerprint density at radius 2 is 2.31 bits per heavy atom. The molecule has 0 amide bonds. The van der Waals surface area contributed by atoms with Gasteiger partial charge in [0.15, 0.2) is 5.82 Å². The highest BCUT2D eigenvalue weighted by molar-refractivity contribution is 5.17. The smallest absolute Gasteiger partial charge is 0.321 e. The molecule has 1 saturated carbocycles. The van der Waals surface area contributed by atoms with Crippen molar-refractivity contribution < 1.29 is 4.52 Å². The minimum Gasteiger partial charge on any atom is -0.341 e. The molecule has 1 fully saturated rings. The summed E-state index contributed by atoms with van der Waals surface area (Å²) < 4.78 is 4.99. The van der Waals surface area contributed by atoms with Crippen LogP contribution in [0, 0.1) is 5.92 Å². The van der Waals surface area contributed by atoms with E-state index >= 15 is 0 Å². The summed E-state index contributed by atoms with van der Waals surface area (Å²) in [5, 5.41) is 6.80. The van der Waals surface area contributed by atoms with Crippen LogP contribution in [0.5, 0.6) is 0 Å². The van der Waals surface area contributed by atoms with Crippen molar-refractivity contribution in [1.29, 1.82) is 0 Å². The minimum atomic E-state index is 0.515. The van der Waals surface area contributed by atoms with Gasteiger partial charge in [-0.2, -0.15) is 4.98 Å². The highest BCUT2D eigenvalue weighted by atomic mass is 16.5. The lowest BCUT2D eigenvalue weighted by molar-refractivity contribution is 0.416. The first kappa shape index (κ1) is 8.53. The van der Waals surface area contributed by atoms with E-state index in [1.165, 1.54) is 19.3 Å². The molecule has 4 heteroatoms. The Balaban J connectivity index is 2.08. The van der Waals surface area contributed by atoms with Gasteiger partial charge in [-0.15, -0.1) is 0 Å². The third kappa shape index (κ3) is 1.66. The molecule has 1 aliphatic rings. The third-order valence-electron chi connectivity index (χ3n) is 2.72. The molecule has 0 bridgehead atoms. The van der Waals surface area contributed by atoms with Crippen LogP contribution < -0.4 is 5.32 Å². The van der Waals surface area contributed by atoms with Crippen LogP contribution in [-0.2, 0) is 0 Å². The van der Waals surface area contributed by atoms with Gasteiger partial charge in [-0.3, -0.25) is 0 Å². The highest BCUT2D eigenvalue weighted by Gasteiger charge is 2.26. The zero-order chi connectivity index (χ0) is 9.26. The summed E-state index contributed by atoms with van der Waals surface area (Å²) in [5.41, 5.74) is 0. The van der Waals surface area contributed by atoms with Gasteiger partial charge in [0.05, 0.1) is 0 Å². The molecule has 4 nitrogen and oxygen atoms in total. The van der Waals surface area contributed by atoms with Crippen LogP contribution in [0.3, 0.4) is 0 Å². The van der Waals surface area contributed by atoms with E-state index in [0.29, 0.717) is 11.9 Å². The SMILES string of the molecule is CNc1nc(C2CCC(C)C2)no1. The zero-order valence-corrected chi connectivity index (χ0v) is 8.08. The molecule has 1 heterocycles. The van der Waals surface area contributed by atoms with E-state index in [1.807, 2.05) is 0 Å². The molecular formula is C9H15N3O. The van der Waals surface area contributed by atoms with Gasteiger partial charge < -0.3 is 9.84 Å². The number of nitrogens with one attached hydrogen (secondary N) is 1. The Labute approximate surface area is 77.7 Å². The van der Waals surface area contributed by atoms with Crippen molar-refractivity contribution in [2.75, 3.05) is 12.4 Å². The molecule has 1 aromatic rings. The lowest BCUT2D eigenvalue weighted by atomic mass is 10.1. The summed E-state index contributed by atoms with van der Waals surface area (Å²) in [6, 6.07) is 0.523. The average molecular weight is 181 g/mol. The number of hydrogen-bond donors (Lipinski definition) is 1. The first-order valence-corrected chi connectivity index (χ1v) is 4.81. The molecular weight excluding hydrogens is 166 g/mol. The van der Waals surface area contributed by atoms with E-state index in [4.69, 9.17) is 4.52 Å². The van der Waals surface area contributed by atoms with Crippen molar-refractivity contribution in [3.05, 3.63) is 5.82 Å². The molecule has 0 saturated heterocycles. The molecule has 1 aliphatic carbocycles. The predicted molar refractivity (Wildman–Crippen MR) is 49.6 cm³/mol. The number of nitrogens with zero attached hydrogens (tertiary/aromatic N) is 2. The van der Waals surface area contributed by atoms with Crippen molar-refractivity contribution in [2.24, 2.45) is 5.92 Å². The Hall–Kier alpha value is -1.06. The summed E-state index contributed by atoms with van der Waals surface area (Å²) in [6.45, 7) is 2.28. The van der Waals surface area contributed by atoms with Gasteiger partial charge >= 0.3 is 6.01 Å². The maximum atomic E-state index is 4.99. The largest absolute Gasteiger partial charge is 0.341 e. The average Bonchev–Trinajstić information content (AvgIpc) is 2.71. The summed E-state index contributed by atoms with van der Waals surface area (Å²) in [6.07, 6.45) is 3.68. The van der Waals surface area contributed by atoms with E-state index in [-0.39, 0.29) is 0 Å². The molecule has 72 valence electrons. The highest BCUT2D eigenvalue weighted by Crippen LogP contribution is 2.36. The molecule has 2 unspecified atom stereocenters. The molecule has 0 radical (unpaired) electrons. The van der Waals surface area contributed by atoms with Gasteiger partial charge in [0.1, 0.15) is 0 Å². The van der Waals surface area contributed by atoms with Crippen LogP contribution in [0.2, 0.25) is 0 Å². The minimum absolute atomic E-state index is 0.515. The number of rotatable bonds is 2. The quantitative estimate of drug-likeness (QED) is 0.758. The molecule has 1 aromatic heterocycles. The molecule has 0 spiro atoms. The summed E-state index contributed by atoms with van der Waals surface area (Å²) >= 11 is 0. The summed E-state index contributed by atoms with van der Waals surface area (Å²) in [4.78, 5) is 4.26. The number of hydrogen-bond acceptors (Lipinski definition) is 4. The molecule has 13 heavy (non-hydrogen) atoms. The van der Waals surface area contributed by atoms with Crippen LogP contribution >= 0.6 is 0 Å². The topological polar surface area (TPSA) is 51.0 Å². The summed E-state index contributed by atoms with van der Waals surface area (Å²) in [7, 11) is 1.79. The standard InChI is InChI=1S/C9H15N3O/c1-6-3-4-7(5-6)8-11-9(10-2)13-12-8/h6-7H,3-5H2,1-2H3,(H,10,11,12). The van der Waals surface area contributed by atoms with Crippen LogP contribution in [0.15, 0.2) is 4.52 Å². The first-order valence-electron chi connectivity index (χ1n) is 4.81. The predicted octanol–water partition coefficient (Wildman–Crippen LogP) is 2.01. The second kappa shape index (κ2) is 3.36. The molecule has 0 aliphatic heterocycles. The monoisotopic (exact) mass is 181 g/mol. The van der Waals surface area contributed by atoms with E-state index in [1.54, 1.807) is 7.05 Å². The van der Waals surface area contributed by atoms with E-state index in [2.05, 4.69) is 22.4 Å². The van der Waals surface area contributed by atoms with Crippen molar-refractivity contribution in [3.63, 3.8) is 0 Å². The zero-order valence-electron chi connectivity index (χ0n) is 8.08. The molecule has 2 rings (SSSR count). The van der Waals surface area contributed by atoms with Crippen LogP contribution in [0.4, 0.5) is 6.01 Å². The Morgan fingerprint density at radius 1 is 1.46 bits per heavy atom. The first-order chi connectivity index (χ1) is 6.29. The lowest BCUT2D eigenvalue weighted by Crippen LogP contribution is -1.96. The fraction of sp³-hybridized carbons (Fsp3) is 0.778. The Morgan fingerprint density at radius 3 is 2.85 bits per heavy atom. The molecule has 0 aromatic carbocycles. The van der Waals surface area contributed by atoms with Crippen molar-refractivity contribution in [1.82, 2.24) is 10.1 Å². The number of anilines is 1. The van der Waals surface area contributed by atoms with Crippen molar-refractivity contribution in [3.8, 4) is 0 Å². The van der Waals surface area contributed by atoms with Crippen LogP contribution in [0.1, 0.15) is 37.9 Å². The second-order valence-corrected chi connectivity index (χ2v) is 3.82. The van der Waals surface area contributed by atoms with Crippen molar-refractivity contribution >= 4 is 6.01 Å². The maximum Gasteiger partial charge on any atom is 0.321 e. The van der Waals surface area contributed by atoms with Gasteiger partial charge in [0, 0.05) is 13.0 Å². The van der Waals surface area contributed by atoms with E-state index < -0.39 is 0 Å². The Kier molecular flexibility index (Phi) is 2.20.